The molecule has 0 aliphatic carbocycles. The molecule has 0 bridgehead atoms. The number of halogens is 1. The molecule has 1 unspecified atom stereocenters. The number of thiophene rings is 1. The maximum absolute atomic E-state index is 12.8. The second-order valence-corrected chi connectivity index (χ2v) is 4.84. The Kier molecular flexibility index (Phi) is 4.29. The van der Waals surface area contributed by atoms with Gasteiger partial charge in [0, 0.05) is 6.04 Å². The molecule has 3 heteroatoms. The van der Waals surface area contributed by atoms with Crippen molar-refractivity contribution >= 4 is 11.3 Å². The predicted molar refractivity (Wildman–Crippen MR) is 70.8 cm³/mol. The third-order valence-corrected chi connectivity index (χ3v) is 3.65. The second-order valence-electron chi connectivity index (χ2n) is 4.06. The lowest BCUT2D eigenvalue weighted by atomic mass is 10.0. The lowest BCUT2D eigenvalue weighted by Crippen LogP contribution is -2.17. The summed E-state index contributed by atoms with van der Waals surface area (Å²) in [7, 11) is 1.95. The van der Waals surface area contributed by atoms with Gasteiger partial charge < -0.3 is 5.32 Å². The summed E-state index contributed by atoms with van der Waals surface area (Å²) in [4.78, 5) is 0. The first-order valence-electron chi connectivity index (χ1n) is 5.73. The Balaban J connectivity index is 1.99. The molecule has 90 valence electrons. The Morgan fingerprint density at radius 3 is 2.59 bits per heavy atom. The molecule has 1 aromatic carbocycles. The summed E-state index contributed by atoms with van der Waals surface area (Å²) in [5, 5.41) is 7.56. The first-order chi connectivity index (χ1) is 8.29. The zero-order valence-corrected chi connectivity index (χ0v) is 10.6. The van der Waals surface area contributed by atoms with Crippen LogP contribution in [-0.4, -0.2) is 7.05 Å². The molecule has 0 fully saturated rings. The van der Waals surface area contributed by atoms with Crippen molar-refractivity contribution in [3.8, 4) is 0 Å². The number of benzene rings is 1. The highest BCUT2D eigenvalue weighted by Crippen LogP contribution is 2.20. The van der Waals surface area contributed by atoms with Gasteiger partial charge in [-0.1, -0.05) is 12.1 Å². The van der Waals surface area contributed by atoms with Crippen molar-refractivity contribution in [1.29, 1.82) is 0 Å². The van der Waals surface area contributed by atoms with Crippen LogP contribution in [0, 0.1) is 5.82 Å². The first-order valence-corrected chi connectivity index (χ1v) is 6.67. The Hall–Kier alpha value is -1.19. The normalized spacial score (nSPS) is 12.6. The van der Waals surface area contributed by atoms with E-state index >= 15 is 0 Å². The van der Waals surface area contributed by atoms with E-state index in [9.17, 15) is 4.39 Å². The van der Waals surface area contributed by atoms with Gasteiger partial charge in [-0.05, 0) is 60.0 Å². The minimum atomic E-state index is -0.179. The highest BCUT2D eigenvalue weighted by molar-refractivity contribution is 7.07. The molecule has 0 spiro atoms. The largest absolute Gasteiger partial charge is 0.313 e. The number of hydrogen-bond acceptors (Lipinski definition) is 2. The van der Waals surface area contributed by atoms with Crippen molar-refractivity contribution in [1.82, 2.24) is 5.32 Å². The number of nitrogens with one attached hydrogen (secondary N) is 1. The summed E-state index contributed by atoms with van der Waals surface area (Å²) in [5.41, 5.74) is 2.52. The highest BCUT2D eigenvalue weighted by atomic mass is 32.1. The van der Waals surface area contributed by atoms with Crippen LogP contribution in [0.3, 0.4) is 0 Å². The molecule has 0 radical (unpaired) electrons. The van der Waals surface area contributed by atoms with E-state index in [1.54, 1.807) is 11.3 Å². The van der Waals surface area contributed by atoms with Crippen molar-refractivity contribution in [2.45, 2.75) is 18.9 Å². The van der Waals surface area contributed by atoms with Gasteiger partial charge in [-0.2, -0.15) is 11.3 Å². The lowest BCUT2D eigenvalue weighted by molar-refractivity contribution is 0.547. The van der Waals surface area contributed by atoms with Crippen molar-refractivity contribution in [3.05, 3.63) is 58.0 Å². The van der Waals surface area contributed by atoms with Crippen LogP contribution in [0.1, 0.15) is 23.6 Å². The Labute approximate surface area is 105 Å². The average Bonchev–Trinajstić information content (AvgIpc) is 2.85. The minimum absolute atomic E-state index is 0.179. The fraction of sp³-hybridized carbons (Fsp3) is 0.286. The molecular formula is C14H16FNS. The highest BCUT2D eigenvalue weighted by Gasteiger charge is 2.09. The number of hydrogen-bond donors (Lipinski definition) is 1. The van der Waals surface area contributed by atoms with E-state index in [1.807, 2.05) is 19.2 Å². The van der Waals surface area contributed by atoms with E-state index < -0.39 is 0 Å². The van der Waals surface area contributed by atoms with Crippen LogP contribution < -0.4 is 5.32 Å². The Bertz CT molecular complexity index is 436. The van der Waals surface area contributed by atoms with Crippen LogP contribution in [0.4, 0.5) is 4.39 Å². The first kappa shape index (κ1) is 12.3. The third kappa shape index (κ3) is 3.38. The summed E-state index contributed by atoms with van der Waals surface area (Å²) in [5.74, 6) is -0.179. The maximum Gasteiger partial charge on any atom is 0.123 e. The van der Waals surface area contributed by atoms with E-state index in [0.29, 0.717) is 0 Å². The van der Waals surface area contributed by atoms with Crippen molar-refractivity contribution in [2.24, 2.45) is 0 Å². The summed E-state index contributed by atoms with van der Waals surface area (Å²) >= 11 is 1.73. The SMILES string of the molecule is CNC(CCc1ccsc1)c1ccc(F)cc1. The summed E-state index contributed by atoms with van der Waals surface area (Å²) < 4.78 is 12.8. The predicted octanol–water partition coefficient (Wildman–Crippen LogP) is 3.78. The van der Waals surface area contributed by atoms with E-state index in [2.05, 4.69) is 22.1 Å². The van der Waals surface area contributed by atoms with E-state index in [1.165, 1.54) is 17.7 Å². The van der Waals surface area contributed by atoms with E-state index in [4.69, 9.17) is 0 Å². The van der Waals surface area contributed by atoms with Gasteiger partial charge in [0.1, 0.15) is 5.82 Å². The molecule has 0 aliphatic rings. The Morgan fingerprint density at radius 1 is 1.24 bits per heavy atom. The molecule has 17 heavy (non-hydrogen) atoms. The molecule has 1 heterocycles. The molecule has 1 aromatic heterocycles. The standard InChI is InChI=1S/C14H16FNS/c1-16-14(7-2-11-8-9-17-10-11)12-3-5-13(15)6-4-12/h3-6,8-10,14,16H,2,7H2,1H3. The van der Waals surface area contributed by atoms with Crippen molar-refractivity contribution < 1.29 is 4.39 Å². The topological polar surface area (TPSA) is 12.0 Å². The van der Waals surface area contributed by atoms with Crippen LogP contribution in [0.5, 0.6) is 0 Å². The van der Waals surface area contributed by atoms with Crippen LogP contribution in [0.2, 0.25) is 0 Å². The monoisotopic (exact) mass is 249 g/mol. The van der Waals surface area contributed by atoms with Crippen LogP contribution in [-0.2, 0) is 6.42 Å². The van der Waals surface area contributed by atoms with Gasteiger partial charge in [-0.3, -0.25) is 0 Å². The minimum Gasteiger partial charge on any atom is -0.313 e. The summed E-state index contributed by atoms with van der Waals surface area (Å²) in [6, 6.07) is 9.18. The van der Waals surface area contributed by atoms with Gasteiger partial charge in [0.15, 0.2) is 0 Å². The van der Waals surface area contributed by atoms with Gasteiger partial charge in [-0.25, -0.2) is 4.39 Å². The maximum atomic E-state index is 12.8. The molecule has 1 N–H and O–H groups in total. The molecule has 0 amide bonds. The van der Waals surface area contributed by atoms with Crippen molar-refractivity contribution in [2.75, 3.05) is 7.05 Å². The van der Waals surface area contributed by atoms with Gasteiger partial charge in [0.2, 0.25) is 0 Å². The molecular weight excluding hydrogens is 233 g/mol. The average molecular weight is 249 g/mol. The van der Waals surface area contributed by atoms with E-state index in [0.717, 1.165) is 18.4 Å². The quantitative estimate of drug-likeness (QED) is 0.850. The fourth-order valence-corrected chi connectivity index (χ4v) is 2.62. The summed E-state index contributed by atoms with van der Waals surface area (Å²) in [6.07, 6.45) is 2.07. The van der Waals surface area contributed by atoms with E-state index in [-0.39, 0.29) is 11.9 Å². The van der Waals surface area contributed by atoms with Crippen LogP contribution in [0.15, 0.2) is 41.1 Å². The smallest absolute Gasteiger partial charge is 0.123 e. The number of rotatable bonds is 5. The molecule has 1 atom stereocenters. The zero-order chi connectivity index (χ0) is 12.1. The number of aryl methyl sites for hydroxylation is 1. The molecule has 0 aliphatic heterocycles. The molecule has 2 rings (SSSR count). The molecule has 0 saturated carbocycles. The molecule has 2 aromatic rings. The van der Waals surface area contributed by atoms with Gasteiger partial charge in [-0.15, -0.1) is 0 Å². The second kappa shape index (κ2) is 5.94. The van der Waals surface area contributed by atoms with Crippen LogP contribution >= 0.6 is 11.3 Å². The van der Waals surface area contributed by atoms with Crippen molar-refractivity contribution in [3.63, 3.8) is 0 Å². The zero-order valence-electron chi connectivity index (χ0n) is 9.82. The molecule has 1 nitrogen and oxygen atoms in total. The fourth-order valence-electron chi connectivity index (χ4n) is 1.92. The van der Waals surface area contributed by atoms with Crippen LogP contribution in [0.25, 0.3) is 0 Å². The molecule has 0 saturated heterocycles. The van der Waals surface area contributed by atoms with Gasteiger partial charge >= 0.3 is 0 Å². The Morgan fingerprint density at radius 2 is 2.00 bits per heavy atom. The lowest BCUT2D eigenvalue weighted by Gasteiger charge is -2.16. The van der Waals surface area contributed by atoms with Gasteiger partial charge in [0.05, 0.1) is 0 Å². The summed E-state index contributed by atoms with van der Waals surface area (Å²) in [6.45, 7) is 0. The third-order valence-electron chi connectivity index (χ3n) is 2.92. The van der Waals surface area contributed by atoms with Gasteiger partial charge in [0.25, 0.3) is 0 Å².